The number of rotatable bonds is 5. The van der Waals surface area contributed by atoms with Gasteiger partial charge in [-0.05, 0) is 25.0 Å². The molecule has 9 heteroatoms. The van der Waals surface area contributed by atoms with E-state index in [9.17, 15) is 4.79 Å². The second-order valence-corrected chi connectivity index (χ2v) is 6.43. The molecule has 1 N–H and O–H groups in total. The van der Waals surface area contributed by atoms with Crippen LogP contribution >= 0.6 is 0 Å². The first-order chi connectivity index (χ1) is 13.7. The normalized spacial score (nSPS) is 14.8. The highest BCUT2D eigenvalue weighted by Gasteiger charge is 2.21. The van der Waals surface area contributed by atoms with Crippen LogP contribution in [-0.2, 0) is 4.74 Å². The summed E-state index contributed by atoms with van der Waals surface area (Å²) in [5.74, 6) is 0.905. The van der Waals surface area contributed by atoms with Crippen LogP contribution in [-0.4, -0.2) is 52.7 Å². The Balaban J connectivity index is 1.65. The number of amides is 1. The van der Waals surface area contributed by atoms with Gasteiger partial charge < -0.3 is 19.5 Å². The minimum Gasteiger partial charge on any atom is -0.480 e. The van der Waals surface area contributed by atoms with Gasteiger partial charge in [0.1, 0.15) is 5.56 Å². The zero-order valence-electron chi connectivity index (χ0n) is 15.7. The lowest BCUT2D eigenvalue weighted by atomic mass is 9.97. The molecular formula is C19H21N5O4. The summed E-state index contributed by atoms with van der Waals surface area (Å²) in [6.07, 6.45) is 7.10. The first-order valence-corrected chi connectivity index (χ1v) is 9.01. The van der Waals surface area contributed by atoms with Gasteiger partial charge in [0, 0.05) is 31.5 Å². The number of carbonyl (C=O) groups excluding carboxylic acids is 1. The van der Waals surface area contributed by atoms with E-state index in [-0.39, 0.29) is 11.8 Å². The monoisotopic (exact) mass is 383 g/mol. The van der Waals surface area contributed by atoms with Gasteiger partial charge in [-0.2, -0.15) is 4.98 Å². The van der Waals surface area contributed by atoms with E-state index in [4.69, 9.17) is 19.2 Å². The molecule has 0 atom stereocenters. The fraction of sp³-hybridized carbons (Fsp3) is 0.368. The van der Waals surface area contributed by atoms with Crippen LogP contribution in [0.2, 0.25) is 0 Å². The molecule has 146 valence electrons. The molecule has 1 aliphatic rings. The number of aromatic nitrogens is 4. The van der Waals surface area contributed by atoms with Gasteiger partial charge in [-0.1, -0.05) is 0 Å². The van der Waals surface area contributed by atoms with Crippen LogP contribution in [0.15, 0.2) is 30.7 Å². The molecule has 0 saturated carbocycles. The van der Waals surface area contributed by atoms with Crippen LogP contribution < -0.4 is 14.8 Å². The molecule has 0 radical (unpaired) electrons. The molecule has 0 aromatic carbocycles. The minimum atomic E-state index is -0.372. The predicted octanol–water partition coefficient (Wildman–Crippen LogP) is 2.29. The topological polar surface area (TPSA) is 99.9 Å². The lowest BCUT2D eigenvalue weighted by Gasteiger charge is -2.19. The lowest BCUT2D eigenvalue weighted by molar-refractivity contribution is 0.0846. The summed E-state index contributed by atoms with van der Waals surface area (Å²) in [5.41, 5.74) is 1.90. The molecule has 0 spiro atoms. The Morgan fingerprint density at radius 2 is 1.96 bits per heavy atom. The third kappa shape index (κ3) is 3.48. The fourth-order valence-corrected chi connectivity index (χ4v) is 3.29. The van der Waals surface area contributed by atoms with E-state index in [1.165, 1.54) is 14.2 Å². The number of fused-ring (bicyclic) bond motifs is 1. The Morgan fingerprint density at radius 3 is 2.71 bits per heavy atom. The van der Waals surface area contributed by atoms with E-state index in [0.29, 0.717) is 28.8 Å². The van der Waals surface area contributed by atoms with Crippen LogP contribution in [0.1, 0.15) is 34.8 Å². The second kappa shape index (κ2) is 7.81. The maximum Gasteiger partial charge on any atom is 0.262 e. The smallest absolute Gasteiger partial charge is 0.262 e. The second-order valence-electron chi connectivity index (χ2n) is 6.43. The number of nitrogens with zero attached hydrogens (tertiary/aromatic N) is 4. The van der Waals surface area contributed by atoms with Gasteiger partial charge in [0.25, 0.3) is 11.8 Å². The SMILES string of the molecule is COc1ncccc1C(=O)Nc1cn2cc(C3CCOCC3)nc2c(OC)n1. The molecule has 0 bridgehead atoms. The van der Waals surface area contributed by atoms with Crippen LogP contribution in [0.25, 0.3) is 5.65 Å². The van der Waals surface area contributed by atoms with E-state index >= 15 is 0 Å². The summed E-state index contributed by atoms with van der Waals surface area (Å²) in [4.78, 5) is 25.7. The number of imidazole rings is 1. The van der Waals surface area contributed by atoms with E-state index < -0.39 is 0 Å². The van der Waals surface area contributed by atoms with Crippen molar-refractivity contribution in [3.63, 3.8) is 0 Å². The first kappa shape index (κ1) is 18.2. The number of ether oxygens (including phenoxy) is 3. The predicted molar refractivity (Wildman–Crippen MR) is 101 cm³/mol. The van der Waals surface area contributed by atoms with Gasteiger partial charge in [0.15, 0.2) is 5.82 Å². The van der Waals surface area contributed by atoms with Crippen LogP contribution in [0.5, 0.6) is 11.8 Å². The minimum absolute atomic E-state index is 0.248. The summed E-state index contributed by atoms with van der Waals surface area (Å²) in [6, 6.07) is 3.31. The number of hydrogen-bond acceptors (Lipinski definition) is 7. The van der Waals surface area contributed by atoms with Crippen molar-refractivity contribution in [2.75, 3.05) is 32.8 Å². The third-order valence-corrected chi connectivity index (χ3v) is 4.71. The lowest BCUT2D eigenvalue weighted by Crippen LogP contribution is -2.15. The highest BCUT2D eigenvalue weighted by molar-refractivity contribution is 6.05. The quantitative estimate of drug-likeness (QED) is 0.721. The fourth-order valence-electron chi connectivity index (χ4n) is 3.29. The van der Waals surface area contributed by atoms with Crippen LogP contribution in [0, 0.1) is 0 Å². The van der Waals surface area contributed by atoms with Crippen molar-refractivity contribution in [2.24, 2.45) is 0 Å². The van der Waals surface area contributed by atoms with Crippen LogP contribution in [0.3, 0.4) is 0 Å². The summed E-state index contributed by atoms with van der Waals surface area (Å²) < 4.78 is 17.8. The van der Waals surface area contributed by atoms with E-state index in [1.54, 1.807) is 24.5 Å². The number of nitrogens with one attached hydrogen (secondary N) is 1. The molecule has 0 unspecified atom stereocenters. The summed E-state index contributed by atoms with van der Waals surface area (Å²) in [5, 5.41) is 2.77. The van der Waals surface area contributed by atoms with Gasteiger partial charge in [0.05, 0.1) is 26.1 Å². The Labute approximate surface area is 161 Å². The van der Waals surface area contributed by atoms with Crippen molar-refractivity contribution in [1.82, 2.24) is 19.4 Å². The van der Waals surface area contributed by atoms with Crippen LogP contribution in [0.4, 0.5) is 5.82 Å². The van der Waals surface area contributed by atoms with E-state index in [0.717, 1.165) is 31.7 Å². The van der Waals surface area contributed by atoms with Gasteiger partial charge in [-0.3, -0.25) is 9.20 Å². The molecule has 9 nitrogen and oxygen atoms in total. The molecule has 28 heavy (non-hydrogen) atoms. The average molecular weight is 383 g/mol. The number of pyridine rings is 1. The molecule has 1 amide bonds. The molecule has 1 fully saturated rings. The Kier molecular flexibility index (Phi) is 5.07. The zero-order chi connectivity index (χ0) is 19.5. The zero-order valence-corrected chi connectivity index (χ0v) is 15.7. The van der Waals surface area contributed by atoms with Crippen molar-refractivity contribution >= 4 is 17.4 Å². The Morgan fingerprint density at radius 1 is 1.18 bits per heavy atom. The summed E-state index contributed by atoms with van der Waals surface area (Å²) in [6.45, 7) is 1.48. The maximum absolute atomic E-state index is 12.6. The molecule has 1 saturated heterocycles. The average Bonchev–Trinajstić information content (AvgIpc) is 3.18. The number of hydrogen-bond donors (Lipinski definition) is 1. The number of carbonyl (C=O) groups is 1. The van der Waals surface area contributed by atoms with Gasteiger partial charge in [-0.15, -0.1) is 0 Å². The number of methoxy groups -OCH3 is 2. The van der Waals surface area contributed by atoms with Gasteiger partial charge in [0.2, 0.25) is 11.5 Å². The Bertz CT molecular complexity index is 997. The summed E-state index contributed by atoms with van der Waals surface area (Å²) in [7, 11) is 3.00. The molecule has 3 aromatic rings. The Hall–Kier alpha value is -3.20. The molecule has 0 aliphatic carbocycles. The molecular weight excluding hydrogens is 362 g/mol. The van der Waals surface area contributed by atoms with Gasteiger partial charge in [-0.25, -0.2) is 9.97 Å². The maximum atomic E-state index is 12.6. The van der Waals surface area contributed by atoms with Crippen molar-refractivity contribution in [2.45, 2.75) is 18.8 Å². The van der Waals surface area contributed by atoms with Crippen molar-refractivity contribution < 1.29 is 19.0 Å². The number of anilines is 1. The van der Waals surface area contributed by atoms with E-state index in [2.05, 4.69) is 15.3 Å². The largest absolute Gasteiger partial charge is 0.480 e. The van der Waals surface area contributed by atoms with E-state index in [1.807, 2.05) is 10.6 Å². The standard InChI is InChI=1S/C19H21N5O4/c1-26-18-13(4-3-7-20-18)17(25)22-15-11-24-10-14(12-5-8-28-9-6-12)21-16(24)19(23-15)27-2/h3-4,7,10-12H,5-6,8-9H2,1-2H3,(H,22,25). The molecule has 4 heterocycles. The highest BCUT2D eigenvalue weighted by atomic mass is 16.5. The molecule has 1 aliphatic heterocycles. The molecule has 3 aromatic heterocycles. The van der Waals surface area contributed by atoms with Gasteiger partial charge >= 0.3 is 0 Å². The molecule has 4 rings (SSSR count). The van der Waals surface area contributed by atoms with Crippen molar-refractivity contribution in [3.05, 3.63) is 42.0 Å². The summed E-state index contributed by atoms with van der Waals surface area (Å²) >= 11 is 0. The third-order valence-electron chi connectivity index (χ3n) is 4.71. The highest BCUT2D eigenvalue weighted by Crippen LogP contribution is 2.29. The van der Waals surface area contributed by atoms with Crippen molar-refractivity contribution in [3.8, 4) is 11.8 Å². The van der Waals surface area contributed by atoms with Crippen molar-refractivity contribution in [1.29, 1.82) is 0 Å². The first-order valence-electron chi connectivity index (χ1n) is 9.01.